The van der Waals surface area contributed by atoms with Gasteiger partial charge in [0.1, 0.15) is 5.76 Å². The van der Waals surface area contributed by atoms with E-state index in [0.29, 0.717) is 23.3 Å². The molecular formula is C14H21NO3. The molecule has 1 aromatic heterocycles. The van der Waals surface area contributed by atoms with Gasteiger partial charge in [-0.15, -0.1) is 0 Å². The zero-order valence-corrected chi connectivity index (χ0v) is 11.1. The summed E-state index contributed by atoms with van der Waals surface area (Å²) < 4.78 is 5.31. The zero-order chi connectivity index (χ0) is 13.2. The first-order valence-electron chi connectivity index (χ1n) is 6.53. The number of hydrogen-bond acceptors (Lipinski definition) is 3. The van der Waals surface area contributed by atoms with Crippen LogP contribution in [0.2, 0.25) is 0 Å². The molecule has 0 aliphatic heterocycles. The summed E-state index contributed by atoms with van der Waals surface area (Å²) >= 11 is 0. The molecule has 1 saturated carbocycles. The molecular weight excluding hydrogens is 230 g/mol. The number of furan rings is 1. The van der Waals surface area contributed by atoms with E-state index in [0.717, 1.165) is 6.54 Å². The van der Waals surface area contributed by atoms with Crippen LogP contribution in [0.1, 0.15) is 54.5 Å². The van der Waals surface area contributed by atoms with E-state index in [1.807, 2.05) is 0 Å². The van der Waals surface area contributed by atoms with Crippen molar-refractivity contribution >= 4 is 5.97 Å². The molecule has 1 fully saturated rings. The summed E-state index contributed by atoms with van der Waals surface area (Å²) in [7, 11) is 0. The number of aromatic carboxylic acids is 1. The van der Waals surface area contributed by atoms with Crippen LogP contribution in [-0.4, -0.2) is 17.6 Å². The lowest BCUT2D eigenvalue weighted by Crippen LogP contribution is -2.28. The molecule has 1 aliphatic rings. The molecule has 0 amide bonds. The van der Waals surface area contributed by atoms with Gasteiger partial charge >= 0.3 is 5.97 Å². The molecule has 0 saturated heterocycles. The van der Waals surface area contributed by atoms with Crippen molar-refractivity contribution < 1.29 is 14.3 Å². The van der Waals surface area contributed by atoms with E-state index in [-0.39, 0.29) is 5.76 Å². The van der Waals surface area contributed by atoms with Crippen LogP contribution in [0.25, 0.3) is 0 Å². The van der Waals surface area contributed by atoms with Crippen LogP contribution in [0.15, 0.2) is 10.5 Å². The Bertz CT molecular complexity index is 430. The predicted molar refractivity (Wildman–Crippen MR) is 68.7 cm³/mol. The molecule has 4 heteroatoms. The Morgan fingerprint density at radius 1 is 1.50 bits per heavy atom. The van der Waals surface area contributed by atoms with Gasteiger partial charge in [-0.1, -0.05) is 19.8 Å². The third-order valence-corrected chi connectivity index (χ3v) is 3.82. The third-order valence-electron chi connectivity index (χ3n) is 3.82. The molecule has 18 heavy (non-hydrogen) atoms. The van der Waals surface area contributed by atoms with Crippen LogP contribution in [-0.2, 0) is 6.54 Å². The largest absolute Gasteiger partial charge is 0.475 e. The Hall–Kier alpha value is -1.29. The molecule has 1 aliphatic carbocycles. The normalized spacial score (nSPS) is 18.1. The molecule has 0 spiro atoms. The second-order valence-corrected chi connectivity index (χ2v) is 5.65. The molecule has 4 nitrogen and oxygen atoms in total. The van der Waals surface area contributed by atoms with Gasteiger partial charge in [0.25, 0.3) is 0 Å². The molecule has 1 aromatic rings. The van der Waals surface area contributed by atoms with Gasteiger partial charge in [0, 0.05) is 12.1 Å². The maximum absolute atomic E-state index is 10.9. The van der Waals surface area contributed by atoms with E-state index in [4.69, 9.17) is 9.52 Å². The maximum Gasteiger partial charge on any atom is 0.372 e. The fourth-order valence-corrected chi connectivity index (χ4v) is 2.74. The lowest BCUT2D eigenvalue weighted by atomic mass is 9.89. The summed E-state index contributed by atoms with van der Waals surface area (Å²) in [6, 6.07) is 1.80. The minimum Gasteiger partial charge on any atom is -0.475 e. The van der Waals surface area contributed by atoms with E-state index in [2.05, 4.69) is 12.2 Å². The Labute approximate surface area is 107 Å². The second kappa shape index (κ2) is 5.14. The van der Waals surface area contributed by atoms with Gasteiger partial charge in [-0.25, -0.2) is 4.79 Å². The van der Waals surface area contributed by atoms with Gasteiger partial charge < -0.3 is 14.8 Å². The van der Waals surface area contributed by atoms with Crippen molar-refractivity contribution in [1.82, 2.24) is 5.32 Å². The highest BCUT2D eigenvalue weighted by Crippen LogP contribution is 2.36. The molecule has 2 N–H and O–H groups in total. The van der Waals surface area contributed by atoms with Gasteiger partial charge in [-0.05, 0) is 31.2 Å². The van der Waals surface area contributed by atoms with Crippen LogP contribution < -0.4 is 5.32 Å². The number of rotatable bonds is 5. The average molecular weight is 251 g/mol. The Morgan fingerprint density at radius 3 is 2.72 bits per heavy atom. The second-order valence-electron chi connectivity index (χ2n) is 5.65. The molecule has 2 rings (SSSR count). The van der Waals surface area contributed by atoms with Gasteiger partial charge in [-0.3, -0.25) is 0 Å². The monoisotopic (exact) mass is 251 g/mol. The topological polar surface area (TPSA) is 62.5 Å². The van der Waals surface area contributed by atoms with Gasteiger partial charge in [0.15, 0.2) is 0 Å². The highest BCUT2D eigenvalue weighted by molar-refractivity contribution is 5.86. The van der Waals surface area contributed by atoms with Crippen LogP contribution in [0.4, 0.5) is 0 Å². The first-order chi connectivity index (χ1) is 8.50. The Balaban J connectivity index is 1.87. The summed E-state index contributed by atoms with van der Waals surface area (Å²) in [5.41, 5.74) is 1.09. The molecule has 1 heterocycles. The standard InChI is InChI=1S/C14H21NO3/c1-10-7-11(18-12(10)13(16)17)8-15-9-14(2)5-3-4-6-14/h7,15H,3-6,8-9H2,1-2H3,(H,16,17). The van der Waals surface area contributed by atoms with Gasteiger partial charge in [0.05, 0.1) is 6.54 Å². The van der Waals surface area contributed by atoms with Gasteiger partial charge in [-0.2, -0.15) is 0 Å². The number of hydrogen-bond donors (Lipinski definition) is 2. The fraction of sp³-hybridized carbons (Fsp3) is 0.643. The van der Waals surface area contributed by atoms with Crippen molar-refractivity contribution in [1.29, 1.82) is 0 Å². The van der Waals surface area contributed by atoms with Crippen LogP contribution in [0.5, 0.6) is 0 Å². The predicted octanol–water partition coefficient (Wildman–Crippen LogP) is 2.96. The molecule has 0 atom stereocenters. The van der Waals surface area contributed by atoms with Crippen LogP contribution >= 0.6 is 0 Å². The molecule has 0 unspecified atom stereocenters. The van der Waals surface area contributed by atoms with E-state index in [9.17, 15) is 4.79 Å². The zero-order valence-electron chi connectivity index (χ0n) is 11.1. The van der Waals surface area contributed by atoms with Crippen LogP contribution in [0, 0.1) is 12.3 Å². The average Bonchev–Trinajstić information content (AvgIpc) is 2.86. The summed E-state index contributed by atoms with van der Waals surface area (Å²) in [5, 5.41) is 12.3. The lowest BCUT2D eigenvalue weighted by molar-refractivity contribution is 0.0659. The molecule has 0 bridgehead atoms. The fourth-order valence-electron chi connectivity index (χ4n) is 2.74. The number of carboxylic acids is 1. The smallest absolute Gasteiger partial charge is 0.372 e. The first kappa shape index (κ1) is 13.1. The number of carboxylic acid groups (broad SMARTS) is 1. The highest BCUT2D eigenvalue weighted by Gasteiger charge is 2.28. The van der Waals surface area contributed by atoms with Crippen molar-refractivity contribution in [2.45, 2.75) is 46.1 Å². The van der Waals surface area contributed by atoms with Crippen molar-refractivity contribution in [3.63, 3.8) is 0 Å². The van der Waals surface area contributed by atoms with E-state index >= 15 is 0 Å². The van der Waals surface area contributed by atoms with Crippen LogP contribution in [0.3, 0.4) is 0 Å². The van der Waals surface area contributed by atoms with Crippen molar-refractivity contribution in [3.8, 4) is 0 Å². The summed E-state index contributed by atoms with van der Waals surface area (Å²) in [6.45, 7) is 5.64. The molecule has 0 aromatic carbocycles. The number of aryl methyl sites for hydroxylation is 1. The maximum atomic E-state index is 10.9. The van der Waals surface area contributed by atoms with E-state index in [1.165, 1.54) is 25.7 Å². The Kier molecular flexibility index (Phi) is 3.76. The third kappa shape index (κ3) is 2.93. The highest BCUT2D eigenvalue weighted by atomic mass is 16.4. The number of nitrogens with one attached hydrogen (secondary N) is 1. The van der Waals surface area contributed by atoms with Crippen molar-refractivity contribution in [3.05, 3.63) is 23.2 Å². The van der Waals surface area contributed by atoms with E-state index < -0.39 is 5.97 Å². The SMILES string of the molecule is Cc1cc(CNCC2(C)CCCC2)oc1C(=O)O. The summed E-state index contributed by atoms with van der Waals surface area (Å²) in [5.74, 6) is -0.244. The van der Waals surface area contributed by atoms with E-state index in [1.54, 1.807) is 13.0 Å². The molecule has 0 radical (unpaired) electrons. The lowest BCUT2D eigenvalue weighted by Gasteiger charge is -2.23. The molecule has 100 valence electrons. The van der Waals surface area contributed by atoms with Crippen molar-refractivity contribution in [2.75, 3.05) is 6.54 Å². The minimum absolute atomic E-state index is 0.0545. The summed E-state index contributed by atoms with van der Waals surface area (Å²) in [4.78, 5) is 10.9. The summed E-state index contributed by atoms with van der Waals surface area (Å²) in [6.07, 6.45) is 5.19. The minimum atomic E-state index is -0.999. The quantitative estimate of drug-likeness (QED) is 0.844. The van der Waals surface area contributed by atoms with Gasteiger partial charge in [0.2, 0.25) is 5.76 Å². The first-order valence-corrected chi connectivity index (χ1v) is 6.53. The Morgan fingerprint density at radius 2 is 2.17 bits per heavy atom. The number of carbonyl (C=O) groups is 1. The van der Waals surface area contributed by atoms with Crippen molar-refractivity contribution in [2.24, 2.45) is 5.41 Å².